The Hall–Kier alpha value is -2.66. The normalized spacial score (nSPS) is 16.2. The van der Waals surface area contributed by atoms with Gasteiger partial charge in [0.1, 0.15) is 0 Å². The van der Waals surface area contributed by atoms with Gasteiger partial charge in [0.2, 0.25) is 0 Å². The Morgan fingerprint density at radius 2 is 1.79 bits per heavy atom. The van der Waals surface area contributed by atoms with Gasteiger partial charge in [-0.05, 0) is 30.4 Å². The van der Waals surface area contributed by atoms with Gasteiger partial charge in [-0.2, -0.15) is 5.10 Å². The Morgan fingerprint density at radius 1 is 1.07 bits per heavy atom. The van der Waals surface area contributed by atoms with Crippen molar-refractivity contribution in [2.24, 2.45) is 5.92 Å². The maximum Gasteiger partial charge on any atom is 0.272 e. The molecule has 0 bridgehead atoms. The van der Waals surface area contributed by atoms with Crippen molar-refractivity contribution in [1.82, 2.24) is 15.1 Å². The summed E-state index contributed by atoms with van der Waals surface area (Å²) in [5.41, 5.74) is 2.31. The lowest BCUT2D eigenvalue weighted by molar-refractivity contribution is 0.0911. The van der Waals surface area contributed by atoms with E-state index in [1.807, 2.05) is 59.3 Å². The Kier molecular flexibility index (Phi) is 5.72. The van der Waals surface area contributed by atoms with Gasteiger partial charge >= 0.3 is 0 Å². The van der Waals surface area contributed by atoms with Crippen LogP contribution in [0.25, 0.3) is 10.9 Å². The molecule has 0 unspecified atom stereocenters. The summed E-state index contributed by atoms with van der Waals surface area (Å²) in [6.07, 6.45) is 6.36. The smallest absolute Gasteiger partial charge is 0.272 e. The number of fused-ring (bicyclic) bond motifs is 1. The first-order chi connectivity index (χ1) is 13.8. The third-order valence-corrected chi connectivity index (χ3v) is 5.72. The van der Waals surface area contributed by atoms with Gasteiger partial charge in [0.15, 0.2) is 5.69 Å². The number of nitrogens with one attached hydrogen (secondary N) is 1. The van der Waals surface area contributed by atoms with E-state index in [0.29, 0.717) is 11.6 Å². The third-order valence-electron chi connectivity index (χ3n) is 5.72. The van der Waals surface area contributed by atoms with E-state index in [4.69, 9.17) is 0 Å². The van der Waals surface area contributed by atoms with Crippen molar-refractivity contribution in [2.75, 3.05) is 6.61 Å². The molecule has 1 aliphatic rings. The van der Waals surface area contributed by atoms with E-state index in [9.17, 15) is 9.90 Å². The third kappa shape index (κ3) is 3.94. The number of hydrogen-bond acceptors (Lipinski definition) is 3. The number of aromatic nitrogens is 2. The van der Waals surface area contributed by atoms with Gasteiger partial charge in [-0.15, -0.1) is 0 Å². The molecule has 1 aromatic heterocycles. The second-order valence-electron chi connectivity index (χ2n) is 7.67. The zero-order valence-electron chi connectivity index (χ0n) is 16.1. The average molecular weight is 377 g/mol. The lowest BCUT2D eigenvalue weighted by Crippen LogP contribution is -2.31. The lowest BCUT2D eigenvalue weighted by Gasteiger charge is -2.21. The van der Waals surface area contributed by atoms with Gasteiger partial charge in [0.25, 0.3) is 5.91 Å². The van der Waals surface area contributed by atoms with E-state index in [2.05, 4.69) is 10.4 Å². The monoisotopic (exact) mass is 377 g/mol. The minimum atomic E-state index is -0.448. The molecule has 1 aliphatic carbocycles. The van der Waals surface area contributed by atoms with E-state index in [1.54, 1.807) is 0 Å². The quantitative estimate of drug-likeness (QED) is 0.680. The van der Waals surface area contributed by atoms with E-state index in [-0.39, 0.29) is 12.5 Å². The highest BCUT2D eigenvalue weighted by Crippen LogP contribution is 2.27. The zero-order chi connectivity index (χ0) is 19.3. The molecule has 146 valence electrons. The number of rotatable bonds is 6. The number of benzene rings is 2. The molecular weight excluding hydrogens is 350 g/mol. The van der Waals surface area contributed by atoms with Crippen molar-refractivity contribution in [2.45, 2.75) is 44.7 Å². The van der Waals surface area contributed by atoms with Crippen LogP contribution in [0, 0.1) is 5.92 Å². The SMILES string of the molecule is O=C(N[C@H](CO)c1ccccc1)c1nn(CC2CCCCC2)c2ccccc12. The Labute approximate surface area is 165 Å². The Balaban J connectivity index is 1.59. The summed E-state index contributed by atoms with van der Waals surface area (Å²) in [5, 5.41) is 18.3. The van der Waals surface area contributed by atoms with Crippen molar-refractivity contribution >= 4 is 16.8 Å². The molecule has 1 fully saturated rings. The molecule has 0 spiro atoms. The highest BCUT2D eigenvalue weighted by Gasteiger charge is 2.22. The maximum absolute atomic E-state index is 13.0. The molecule has 1 heterocycles. The molecule has 5 nitrogen and oxygen atoms in total. The van der Waals surface area contributed by atoms with E-state index in [0.717, 1.165) is 23.0 Å². The molecule has 0 aliphatic heterocycles. The van der Waals surface area contributed by atoms with Gasteiger partial charge in [-0.3, -0.25) is 9.48 Å². The fourth-order valence-corrected chi connectivity index (χ4v) is 4.19. The number of hydrogen-bond donors (Lipinski definition) is 2. The number of nitrogens with zero attached hydrogens (tertiary/aromatic N) is 2. The summed E-state index contributed by atoms with van der Waals surface area (Å²) in [5.74, 6) is 0.379. The minimum absolute atomic E-state index is 0.156. The van der Waals surface area contributed by atoms with Gasteiger partial charge in [-0.25, -0.2) is 0 Å². The second kappa shape index (κ2) is 8.57. The first kappa shape index (κ1) is 18.7. The Morgan fingerprint density at radius 3 is 2.54 bits per heavy atom. The van der Waals surface area contributed by atoms with Crippen molar-refractivity contribution in [3.63, 3.8) is 0 Å². The van der Waals surface area contributed by atoms with Crippen molar-refractivity contribution < 1.29 is 9.90 Å². The zero-order valence-corrected chi connectivity index (χ0v) is 16.1. The van der Waals surface area contributed by atoms with Crippen molar-refractivity contribution in [3.05, 3.63) is 65.9 Å². The van der Waals surface area contributed by atoms with E-state index >= 15 is 0 Å². The van der Waals surface area contributed by atoms with Gasteiger partial charge < -0.3 is 10.4 Å². The molecule has 0 saturated heterocycles. The summed E-state index contributed by atoms with van der Waals surface area (Å²) >= 11 is 0. The molecule has 2 aromatic carbocycles. The fourth-order valence-electron chi connectivity index (χ4n) is 4.19. The van der Waals surface area contributed by atoms with Crippen LogP contribution in [0.5, 0.6) is 0 Å². The van der Waals surface area contributed by atoms with E-state index in [1.165, 1.54) is 32.1 Å². The summed E-state index contributed by atoms with van der Waals surface area (Å²) in [7, 11) is 0. The van der Waals surface area contributed by atoms with Crippen LogP contribution in [0.2, 0.25) is 0 Å². The first-order valence-electron chi connectivity index (χ1n) is 10.2. The number of aliphatic hydroxyl groups excluding tert-OH is 1. The number of aliphatic hydroxyl groups is 1. The van der Waals surface area contributed by atoms with Crippen LogP contribution in [-0.2, 0) is 6.54 Å². The molecule has 1 amide bonds. The highest BCUT2D eigenvalue weighted by atomic mass is 16.3. The van der Waals surface area contributed by atoms with Gasteiger partial charge in [0.05, 0.1) is 18.2 Å². The molecule has 0 radical (unpaired) electrons. The topological polar surface area (TPSA) is 67.2 Å². The van der Waals surface area contributed by atoms with Gasteiger partial charge in [-0.1, -0.05) is 67.8 Å². The molecule has 1 saturated carbocycles. The second-order valence-corrected chi connectivity index (χ2v) is 7.67. The summed E-state index contributed by atoms with van der Waals surface area (Å²) < 4.78 is 2.00. The predicted octanol–water partition coefficient (Wildman–Crippen LogP) is 4.08. The maximum atomic E-state index is 13.0. The molecule has 5 heteroatoms. The molecule has 1 atom stereocenters. The van der Waals surface area contributed by atoms with Gasteiger partial charge in [0, 0.05) is 11.9 Å². The van der Waals surface area contributed by atoms with Crippen molar-refractivity contribution in [1.29, 1.82) is 0 Å². The first-order valence-corrected chi connectivity index (χ1v) is 10.2. The summed E-state index contributed by atoms with van der Waals surface area (Å²) in [4.78, 5) is 13.0. The van der Waals surface area contributed by atoms with Crippen LogP contribution in [0.15, 0.2) is 54.6 Å². The standard InChI is InChI=1S/C23H27N3O2/c27-16-20(18-11-5-2-6-12-18)24-23(28)22-19-13-7-8-14-21(19)26(25-22)15-17-9-3-1-4-10-17/h2,5-8,11-14,17,20,27H,1,3-4,9-10,15-16H2,(H,24,28)/t20-/m1/s1. The fraction of sp³-hybridized carbons (Fsp3) is 0.391. The van der Waals surface area contributed by atoms with Crippen molar-refractivity contribution in [3.8, 4) is 0 Å². The van der Waals surface area contributed by atoms with Crippen LogP contribution < -0.4 is 5.32 Å². The van der Waals surface area contributed by atoms with Crippen LogP contribution in [-0.4, -0.2) is 27.4 Å². The number of amides is 1. The van der Waals surface area contributed by atoms with Crippen LogP contribution in [0.4, 0.5) is 0 Å². The highest BCUT2D eigenvalue weighted by molar-refractivity contribution is 6.05. The Bertz CT molecular complexity index is 929. The molecule has 2 N–H and O–H groups in total. The summed E-state index contributed by atoms with van der Waals surface area (Å²) in [6, 6.07) is 17.0. The number of carbonyl (C=O) groups is 1. The van der Waals surface area contributed by atoms with Crippen LogP contribution >= 0.6 is 0 Å². The molecule has 4 rings (SSSR count). The van der Waals surface area contributed by atoms with E-state index < -0.39 is 6.04 Å². The largest absolute Gasteiger partial charge is 0.394 e. The summed E-state index contributed by atoms with van der Waals surface area (Å²) in [6.45, 7) is 0.701. The predicted molar refractivity (Wildman–Crippen MR) is 110 cm³/mol. The molecule has 28 heavy (non-hydrogen) atoms. The molecule has 3 aromatic rings. The van der Waals surface area contributed by atoms with Crippen LogP contribution in [0.1, 0.15) is 54.2 Å². The average Bonchev–Trinajstić information content (AvgIpc) is 3.12. The number of para-hydroxylation sites is 1. The molecular formula is C23H27N3O2. The minimum Gasteiger partial charge on any atom is -0.394 e. The number of carbonyl (C=O) groups excluding carboxylic acids is 1. The van der Waals surface area contributed by atoms with Crippen LogP contribution in [0.3, 0.4) is 0 Å². The lowest BCUT2D eigenvalue weighted by atomic mass is 9.89.